The Morgan fingerprint density at radius 1 is 1.48 bits per heavy atom. The standard InChI is InChI=1S/C12H12N4O3S2/c1-3-10-14-15-12(21-10)13-11(17)7-4-5-9(20-2)8(6-7)16(18)19/h4-6H,3H2,1-2H3,(H,13,15,17). The molecule has 110 valence electrons. The molecule has 0 spiro atoms. The van der Waals surface area contributed by atoms with Crippen LogP contribution in [0.3, 0.4) is 0 Å². The summed E-state index contributed by atoms with van der Waals surface area (Å²) in [7, 11) is 0. The van der Waals surface area contributed by atoms with Gasteiger partial charge in [0.05, 0.1) is 9.82 Å². The largest absolute Gasteiger partial charge is 0.296 e. The third kappa shape index (κ3) is 3.56. The van der Waals surface area contributed by atoms with E-state index in [9.17, 15) is 14.9 Å². The number of thioether (sulfide) groups is 1. The monoisotopic (exact) mass is 324 g/mol. The van der Waals surface area contributed by atoms with Gasteiger partial charge in [0, 0.05) is 11.6 Å². The van der Waals surface area contributed by atoms with Gasteiger partial charge in [-0.1, -0.05) is 18.3 Å². The quantitative estimate of drug-likeness (QED) is 0.516. The average molecular weight is 324 g/mol. The molecule has 0 atom stereocenters. The molecule has 0 saturated heterocycles. The zero-order chi connectivity index (χ0) is 15.4. The lowest BCUT2D eigenvalue weighted by Crippen LogP contribution is -2.12. The van der Waals surface area contributed by atoms with Gasteiger partial charge in [0.15, 0.2) is 0 Å². The van der Waals surface area contributed by atoms with Gasteiger partial charge in [-0.2, -0.15) is 0 Å². The van der Waals surface area contributed by atoms with E-state index in [1.165, 1.54) is 29.2 Å². The summed E-state index contributed by atoms with van der Waals surface area (Å²) in [6, 6.07) is 4.38. The number of amides is 1. The number of carbonyl (C=O) groups excluding carboxylic acids is 1. The molecular weight excluding hydrogens is 312 g/mol. The number of aryl methyl sites for hydroxylation is 1. The van der Waals surface area contributed by atoms with E-state index < -0.39 is 10.8 Å². The van der Waals surface area contributed by atoms with Crippen LogP contribution in [0.25, 0.3) is 0 Å². The first-order valence-corrected chi connectivity index (χ1v) is 8.05. The number of nitrogens with one attached hydrogen (secondary N) is 1. The summed E-state index contributed by atoms with van der Waals surface area (Å²) in [4.78, 5) is 23.1. The minimum atomic E-state index is -0.497. The van der Waals surface area contributed by atoms with Crippen LogP contribution in [-0.4, -0.2) is 27.3 Å². The second kappa shape index (κ2) is 6.64. The van der Waals surface area contributed by atoms with E-state index in [4.69, 9.17) is 0 Å². The van der Waals surface area contributed by atoms with Crippen LogP contribution in [-0.2, 0) is 6.42 Å². The lowest BCUT2D eigenvalue weighted by Gasteiger charge is -2.03. The molecular formula is C12H12N4O3S2. The van der Waals surface area contributed by atoms with Crippen LogP contribution in [0.4, 0.5) is 10.8 Å². The molecule has 1 N–H and O–H groups in total. The molecule has 1 aromatic heterocycles. The Hall–Kier alpha value is -2.00. The molecule has 2 rings (SSSR count). The first kappa shape index (κ1) is 15.4. The number of nitro benzene ring substituents is 1. The Bertz CT molecular complexity index is 687. The van der Waals surface area contributed by atoms with Gasteiger partial charge in [-0.15, -0.1) is 22.0 Å². The lowest BCUT2D eigenvalue weighted by molar-refractivity contribution is -0.387. The zero-order valence-corrected chi connectivity index (χ0v) is 13.0. The van der Waals surface area contributed by atoms with Crippen molar-refractivity contribution in [1.29, 1.82) is 0 Å². The molecule has 0 aliphatic heterocycles. The van der Waals surface area contributed by atoms with E-state index in [0.29, 0.717) is 10.0 Å². The molecule has 0 radical (unpaired) electrons. The zero-order valence-electron chi connectivity index (χ0n) is 11.3. The van der Waals surface area contributed by atoms with Crippen molar-refractivity contribution in [2.75, 3.05) is 11.6 Å². The van der Waals surface area contributed by atoms with Crippen LogP contribution in [0, 0.1) is 10.1 Å². The molecule has 1 heterocycles. The fraction of sp³-hybridized carbons (Fsp3) is 0.250. The predicted molar refractivity (Wildman–Crippen MR) is 82.1 cm³/mol. The molecule has 9 heteroatoms. The van der Waals surface area contributed by atoms with Gasteiger partial charge in [0.25, 0.3) is 11.6 Å². The first-order chi connectivity index (χ1) is 10.0. The number of aromatic nitrogens is 2. The second-order valence-electron chi connectivity index (χ2n) is 3.95. The van der Waals surface area contributed by atoms with Crippen molar-refractivity contribution in [3.63, 3.8) is 0 Å². The van der Waals surface area contributed by atoms with E-state index in [-0.39, 0.29) is 11.3 Å². The fourth-order valence-corrected chi connectivity index (χ4v) is 2.81. The highest BCUT2D eigenvalue weighted by atomic mass is 32.2. The van der Waals surface area contributed by atoms with Crippen molar-refractivity contribution < 1.29 is 9.72 Å². The Morgan fingerprint density at radius 3 is 2.81 bits per heavy atom. The van der Waals surface area contributed by atoms with Gasteiger partial charge in [0.1, 0.15) is 5.01 Å². The second-order valence-corrected chi connectivity index (χ2v) is 5.86. The van der Waals surface area contributed by atoms with E-state index in [1.54, 1.807) is 18.4 Å². The highest BCUT2D eigenvalue weighted by Gasteiger charge is 2.17. The minimum Gasteiger partial charge on any atom is -0.296 e. The molecule has 2 aromatic rings. The first-order valence-electron chi connectivity index (χ1n) is 6.01. The summed E-state index contributed by atoms with van der Waals surface area (Å²) < 4.78 is 0. The SMILES string of the molecule is CCc1nnc(NC(=O)c2ccc(SC)c([N+](=O)[O-])c2)s1. The number of rotatable bonds is 5. The molecule has 0 aliphatic rings. The summed E-state index contributed by atoms with van der Waals surface area (Å²) in [5.41, 5.74) is 0.134. The third-order valence-corrected chi connectivity index (χ3v) is 4.40. The molecule has 7 nitrogen and oxygen atoms in total. The molecule has 21 heavy (non-hydrogen) atoms. The van der Waals surface area contributed by atoms with Crippen LogP contribution in [0.15, 0.2) is 23.1 Å². The van der Waals surface area contributed by atoms with E-state index in [0.717, 1.165) is 11.4 Å². The van der Waals surface area contributed by atoms with Gasteiger partial charge in [-0.25, -0.2) is 0 Å². The van der Waals surface area contributed by atoms with Gasteiger partial charge >= 0.3 is 0 Å². The van der Waals surface area contributed by atoms with Crippen molar-refractivity contribution >= 4 is 39.8 Å². The summed E-state index contributed by atoms with van der Waals surface area (Å²) in [5.74, 6) is -0.440. The highest BCUT2D eigenvalue weighted by molar-refractivity contribution is 7.98. The van der Waals surface area contributed by atoms with E-state index in [2.05, 4.69) is 15.5 Å². The van der Waals surface area contributed by atoms with Gasteiger partial charge in [0.2, 0.25) is 5.13 Å². The van der Waals surface area contributed by atoms with Crippen molar-refractivity contribution in [3.8, 4) is 0 Å². The van der Waals surface area contributed by atoms with E-state index in [1.807, 2.05) is 6.92 Å². The van der Waals surface area contributed by atoms with E-state index >= 15 is 0 Å². The topological polar surface area (TPSA) is 98.0 Å². The number of hydrogen-bond acceptors (Lipinski definition) is 7. The third-order valence-electron chi connectivity index (χ3n) is 2.63. The van der Waals surface area contributed by atoms with Crippen molar-refractivity contribution in [1.82, 2.24) is 10.2 Å². The maximum Gasteiger partial charge on any atom is 0.283 e. The summed E-state index contributed by atoms with van der Waals surface area (Å²) in [6.45, 7) is 1.94. The Labute approximate surface area is 128 Å². The van der Waals surface area contributed by atoms with Gasteiger partial charge < -0.3 is 0 Å². The van der Waals surface area contributed by atoms with Crippen LogP contribution in [0.1, 0.15) is 22.3 Å². The molecule has 1 amide bonds. The summed E-state index contributed by atoms with van der Waals surface area (Å²) in [6.07, 6.45) is 2.48. The summed E-state index contributed by atoms with van der Waals surface area (Å²) >= 11 is 2.54. The maximum atomic E-state index is 12.1. The minimum absolute atomic E-state index is 0.0818. The molecule has 1 aromatic carbocycles. The van der Waals surface area contributed by atoms with Crippen LogP contribution in [0.2, 0.25) is 0 Å². The number of benzene rings is 1. The van der Waals surface area contributed by atoms with Gasteiger partial charge in [-0.05, 0) is 24.8 Å². The molecule has 0 bridgehead atoms. The highest BCUT2D eigenvalue weighted by Crippen LogP contribution is 2.28. The maximum absolute atomic E-state index is 12.1. The van der Waals surface area contributed by atoms with Crippen LogP contribution in [0.5, 0.6) is 0 Å². The molecule has 0 unspecified atom stereocenters. The number of anilines is 1. The number of nitrogens with zero attached hydrogens (tertiary/aromatic N) is 3. The van der Waals surface area contributed by atoms with Crippen molar-refractivity contribution in [2.45, 2.75) is 18.2 Å². The number of carbonyl (C=O) groups is 1. The Kier molecular flexibility index (Phi) is 4.86. The van der Waals surface area contributed by atoms with Gasteiger partial charge in [-0.3, -0.25) is 20.2 Å². The smallest absolute Gasteiger partial charge is 0.283 e. The Balaban J connectivity index is 2.22. The molecule has 0 aliphatic carbocycles. The Morgan fingerprint density at radius 2 is 2.24 bits per heavy atom. The van der Waals surface area contributed by atoms with Crippen molar-refractivity contribution in [3.05, 3.63) is 38.9 Å². The molecule has 0 saturated carbocycles. The number of hydrogen-bond donors (Lipinski definition) is 1. The summed E-state index contributed by atoms with van der Waals surface area (Å²) in [5, 5.41) is 22.5. The number of nitro groups is 1. The lowest BCUT2D eigenvalue weighted by atomic mass is 10.2. The average Bonchev–Trinajstić information content (AvgIpc) is 2.94. The fourth-order valence-electron chi connectivity index (χ4n) is 1.59. The van der Waals surface area contributed by atoms with Crippen LogP contribution >= 0.6 is 23.1 Å². The normalized spacial score (nSPS) is 10.4. The molecule has 0 fully saturated rings. The predicted octanol–water partition coefficient (Wildman–Crippen LogP) is 2.98. The van der Waals surface area contributed by atoms with Crippen molar-refractivity contribution in [2.24, 2.45) is 0 Å². The van der Waals surface area contributed by atoms with Crippen LogP contribution < -0.4 is 5.32 Å².